The van der Waals surface area contributed by atoms with E-state index in [1.807, 2.05) is 24.3 Å². The molecule has 0 aliphatic heterocycles. The molecule has 1 amide bonds. The molecular formula is C16H19ClN4O2. The van der Waals surface area contributed by atoms with Gasteiger partial charge in [0.1, 0.15) is 0 Å². The Hall–Kier alpha value is -2.47. The molecule has 0 radical (unpaired) electrons. The fraction of sp³-hybridized carbons (Fsp3) is 0.250. The Balaban J connectivity index is 1.68. The monoisotopic (exact) mass is 334 g/mol. The third kappa shape index (κ3) is 5.67. The van der Waals surface area contributed by atoms with Gasteiger partial charge in [-0.05, 0) is 29.8 Å². The van der Waals surface area contributed by atoms with Crippen LogP contribution in [0.3, 0.4) is 0 Å². The Morgan fingerprint density at radius 1 is 1.17 bits per heavy atom. The van der Waals surface area contributed by atoms with Gasteiger partial charge in [-0.3, -0.25) is 9.79 Å². The van der Waals surface area contributed by atoms with Crippen LogP contribution in [0, 0.1) is 0 Å². The Labute approximate surface area is 139 Å². The van der Waals surface area contributed by atoms with E-state index in [1.54, 1.807) is 19.2 Å². The lowest BCUT2D eigenvalue weighted by Crippen LogP contribution is -2.41. The largest absolute Gasteiger partial charge is 0.459 e. The van der Waals surface area contributed by atoms with Crippen molar-refractivity contribution >= 4 is 23.5 Å². The van der Waals surface area contributed by atoms with Crippen LogP contribution in [-0.2, 0) is 6.54 Å². The molecule has 0 aliphatic rings. The van der Waals surface area contributed by atoms with E-state index in [1.165, 1.54) is 6.26 Å². The van der Waals surface area contributed by atoms with Gasteiger partial charge in [0, 0.05) is 31.7 Å². The van der Waals surface area contributed by atoms with Crippen molar-refractivity contribution in [1.82, 2.24) is 16.0 Å². The van der Waals surface area contributed by atoms with Gasteiger partial charge >= 0.3 is 0 Å². The van der Waals surface area contributed by atoms with E-state index in [2.05, 4.69) is 20.9 Å². The number of halogens is 1. The SMILES string of the molecule is CN=C(NCCNC(=O)c1ccco1)NCc1cccc(Cl)c1. The van der Waals surface area contributed by atoms with Gasteiger partial charge in [-0.15, -0.1) is 0 Å². The maximum atomic E-state index is 11.7. The zero-order chi connectivity index (χ0) is 16.5. The van der Waals surface area contributed by atoms with Gasteiger partial charge in [-0.2, -0.15) is 0 Å². The minimum absolute atomic E-state index is 0.237. The van der Waals surface area contributed by atoms with Crippen LogP contribution in [0.15, 0.2) is 52.1 Å². The predicted molar refractivity (Wildman–Crippen MR) is 90.7 cm³/mol. The molecule has 3 N–H and O–H groups in total. The number of carbonyl (C=O) groups is 1. The van der Waals surface area contributed by atoms with Crippen LogP contribution < -0.4 is 16.0 Å². The van der Waals surface area contributed by atoms with E-state index in [0.29, 0.717) is 36.4 Å². The van der Waals surface area contributed by atoms with E-state index in [0.717, 1.165) is 5.56 Å². The van der Waals surface area contributed by atoms with Gasteiger partial charge < -0.3 is 20.4 Å². The van der Waals surface area contributed by atoms with Gasteiger partial charge in [0.2, 0.25) is 0 Å². The van der Waals surface area contributed by atoms with Gasteiger partial charge in [0.25, 0.3) is 5.91 Å². The van der Waals surface area contributed by atoms with E-state index in [4.69, 9.17) is 16.0 Å². The molecule has 7 heteroatoms. The molecule has 2 rings (SSSR count). The van der Waals surface area contributed by atoms with Crippen LogP contribution >= 0.6 is 11.6 Å². The minimum Gasteiger partial charge on any atom is -0.459 e. The zero-order valence-corrected chi connectivity index (χ0v) is 13.6. The molecular weight excluding hydrogens is 316 g/mol. The maximum Gasteiger partial charge on any atom is 0.287 e. The molecule has 6 nitrogen and oxygen atoms in total. The average Bonchev–Trinajstić information content (AvgIpc) is 3.08. The average molecular weight is 335 g/mol. The normalized spacial score (nSPS) is 11.1. The molecule has 0 saturated carbocycles. The lowest BCUT2D eigenvalue weighted by Gasteiger charge is -2.12. The molecule has 122 valence electrons. The Morgan fingerprint density at radius 3 is 2.70 bits per heavy atom. The summed E-state index contributed by atoms with van der Waals surface area (Å²) in [5, 5.41) is 9.75. The lowest BCUT2D eigenvalue weighted by molar-refractivity contribution is 0.0926. The third-order valence-corrected chi connectivity index (χ3v) is 3.26. The summed E-state index contributed by atoms with van der Waals surface area (Å²) < 4.78 is 5.01. The number of nitrogens with one attached hydrogen (secondary N) is 3. The molecule has 23 heavy (non-hydrogen) atoms. The second-order valence-corrected chi connectivity index (χ2v) is 5.15. The van der Waals surface area contributed by atoms with Crippen LogP contribution in [0.2, 0.25) is 5.02 Å². The molecule has 0 aliphatic carbocycles. The molecule has 1 aromatic carbocycles. The Morgan fingerprint density at radius 2 is 2.00 bits per heavy atom. The second-order valence-electron chi connectivity index (χ2n) is 4.72. The number of nitrogens with zero attached hydrogens (tertiary/aromatic N) is 1. The van der Waals surface area contributed by atoms with Crippen LogP contribution in [0.5, 0.6) is 0 Å². The highest BCUT2D eigenvalue weighted by Gasteiger charge is 2.06. The van der Waals surface area contributed by atoms with E-state index in [9.17, 15) is 4.79 Å². The van der Waals surface area contributed by atoms with Crippen molar-refractivity contribution in [2.24, 2.45) is 4.99 Å². The molecule has 0 saturated heterocycles. The van der Waals surface area contributed by atoms with Gasteiger partial charge in [0.05, 0.1) is 6.26 Å². The third-order valence-electron chi connectivity index (χ3n) is 3.02. The van der Waals surface area contributed by atoms with E-state index in [-0.39, 0.29) is 5.91 Å². The van der Waals surface area contributed by atoms with Crippen molar-refractivity contribution in [2.45, 2.75) is 6.54 Å². The van der Waals surface area contributed by atoms with Crippen molar-refractivity contribution in [3.63, 3.8) is 0 Å². The van der Waals surface area contributed by atoms with E-state index < -0.39 is 0 Å². The Kier molecular flexibility index (Phi) is 6.50. The van der Waals surface area contributed by atoms with Crippen molar-refractivity contribution in [3.05, 3.63) is 59.0 Å². The van der Waals surface area contributed by atoms with Crippen LogP contribution in [0.4, 0.5) is 0 Å². The molecule has 1 heterocycles. The molecule has 1 aromatic heterocycles. The first-order valence-corrected chi connectivity index (χ1v) is 7.57. The van der Waals surface area contributed by atoms with Gasteiger partial charge in [-0.1, -0.05) is 23.7 Å². The predicted octanol–water partition coefficient (Wildman–Crippen LogP) is 2.03. The minimum atomic E-state index is -0.237. The fourth-order valence-corrected chi connectivity index (χ4v) is 2.12. The summed E-state index contributed by atoms with van der Waals surface area (Å²) in [5.41, 5.74) is 1.06. The van der Waals surface area contributed by atoms with Gasteiger partial charge in [-0.25, -0.2) is 0 Å². The number of furan rings is 1. The number of hydrogen-bond donors (Lipinski definition) is 3. The topological polar surface area (TPSA) is 78.7 Å². The number of benzene rings is 1. The zero-order valence-electron chi connectivity index (χ0n) is 12.8. The highest BCUT2D eigenvalue weighted by Crippen LogP contribution is 2.10. The van der Waals surface area contributed by atoms with Crippen LogP contribution in [0.25, 0.3) is 0 Å². The summed E-state index contributed by atoms with van der Waals surface area (Å²) >= 11 is 5.95. The molecule has 0 fully saturated rings. The highest BCUT2D eigenvalue weighted by atomic mass is 35.5. The van der Waals surface area contributed by atoms with Gasteiger partial charge in [0.15, 0.2) is 11.7 Å². The summed E-state index contributed by atoms with van der Waals surface area (Å²) in [7, 11) is 1.69. The smallest absolute Gasteiger partial charge is 0.287 e. The first-order chi connectivity index (χ1) is 11.2. The fourth-order valence-electron chi connectivity index (χ4n) is 1.91. The van der Waals surface area contributed by atoms with Crippen molar-refractivity contribution in [2.75, 3.05) is 20.1 Å². The second kappa shape index (κ2) is 8.85. The first-order valence-electron chi connectivity index (χ1n) is 7.19. The van der Waals surface area contributed by atoms with Crippen molar-refractivity contribution in [1.29, 1.82) is 0 Å². The molecule has 0 spiro atoms. The summed E-state index contributed by atoms with van der Waals surface area (Å²) in [6.45, 7) is 1.61. The lowest BCUT2D eigenvalue weighted by atomic mass is 10.2. The number of guanidine groups is 1. The highest BCUT2D eigenvalue weighted by molar-refractivity contribution is 6.30. The summed E-state index contributed by atoms with van der Waals surface area (Å²) in [5.74, 6) is 0.712. The molecule has 2 aromatic rings. The maximum absolute atomic E-state index is 11.7. The van der Waals surface area contributed by atoms with Crippen molar-refractivity contribution in [3.8, 4) is 0 Å². The quantitative estimate of drug-likeness (QED) is 0.429. The standard InChI is InChI=1S/C16H19ClN4O2/c1-18-16(21-11-12-4-2-5-13(17)10-12)20-8-7-19-15(22)14-6-3-9-23-14/h2-6,9-10H,7-8,11H2,1H3,(H,19,22)(H2,18,20,21). The summed E-state index contributed by atoms with van der Waals surface area (Å²) in [4.78, 5) is 15.8. The molecule has 0 unspecified atom stereocenters. The van der Waals surface area contributed by atoms with Crippen LogP contribution in [0.1, 0.15) is 16.1 Å². The summed E-state index contributed by atoms with van der Waals surface area (Å²) in [6, 6.07) is 10.9. The van der Waals surface area contributed by atoms with E-state index >= 15 is 0 Å². The van der Waals surface area contributed by atoms with Crippen LogP contribution in [-0.4, -0.2) is 32.0 Å². The number of rotatable bonds is 6. The molecule has 0 atom stereocenters. The first kappa shape index (κ1) is 16.9. The summed E-state index contributed by atoms with van der Waals surface area (Å²) in [6.07, 6.45) is 1.47. The number of carbonyl (C=O) groups excluding carboxylic acids is 1. The van der Waals surface area contributed by atoms with Crippen molar-refractivity contribution < 1.29 is 9.21 Å². The molecule has 0 bridgehead atoms. The number of aliphatic imine (C=N–C) groups is 1. The number of amides is 1. The Bertz CT molecular complexity index is 656. The number of hydrogen-bond acceptors (Lipinski definition) is 3.